The summed E-state index contributed by atoms with van der Waals surface area (Å²) in [6, 6.07) is 5.02. The third kappa shape index (κ3) is 4.55. The molecule has 0 aliphatic heterocycles. The van der Waals surface area contributed by atoms with Crippen molar-refractivity contribution < 1.29 is 31.1 Å². The SMILES string of the molecule is Cc1cccc(NC(NC(=O)CC(C)C)(C(F)(F)F)C(F)(F)F)c1. The molecule has 0 spiro atoms. The molecule has 0 aliphatic rings. The molecular formula is C15H18F6N2O. The topological polar surface area (TPSA) is 41.1 Å². The number of nitrogens with one attached hydrogen (secondary N) is 2. The van der Waals surface area contributed by atoms with Gasteiger partial charge in [-0.05, 0) is 30.5 Å². The van der Waals surface area contributed by atoms with Crippen molar-refractivity contribution in [1.29, 1.82) is 0 Å². The van der Waals surface area contributed by atoms with E-state index >= 15 is 0 Å². The molecule has 0 saturated carbocycles. The molecule has 1 aromatic rings. The van der Waals surface area contributed by atoms with E-state index in [0.717, 1.165) is 17.4 Å². The van der Waals surface area contributed by atoms with E-state index in [9.17, 15) is 31.1 Å². The maximum absolute atomic E-state index is 13.4. The number of carbonyl (C=O) groups is 1. The lowest BCUT2D eigenvalue weighted by molar-refractivity contribution is -0.296. The summed E-state index contributed by atoms with van der Waals surface area (Å²) >= 11 is 0. The van der Waals surface area contributed by atoms with Crippen molar-refractivity contribution in [3.63, 3.8) is 0 Å². The van der Waals surface area contributed by atoms with Crippen molar-refractivity contribution >= 4 is 11.6 Å². The summed E-state index contributed by atoms with van der Waals surface area (Å²) in [6.45, 7) is 4.54. The summed E-state index contributed by atoms with van der Waals surface area (Å²) in [5, 5.41) is 2.55. The molecule has 0 unspecified atom stereocenters. The standard InChI is InChI=1S/C15H18F6N2O/c1-9(2)7-12(24)23-13(14(16,17)18,15(19,20)21)22-11-6-4-5-10(3)8-11/h4-6,8-9,22H,7H2,1-3H3,(H,23,24). The van der Waals surface area contributed by atoms with Crippen LogP contribution in [0.15, 0.2) is 24.3 Å². The Kier molecular flexibility index (Phi) is 5.78. The first-order chi connectivity index (χ1) is 10.8. The molecule has 0 bridgehead atoms. The third-order valence-corrected chi connectivity index (χ3v) is 3.12. The van der Waals surface area contributed by atoms with Crippen LogP contribution in [0.4, 0.5) is 32.0 Å². The maximum Gasteiger partial charge on any atom is 0.439 e. The Morgan fingerprint density at radius 3 is 2.04 bits per heavy atom. The molecule has 1 rings (SSSR count). The fourth-order valence-electron chi connectivity index (χ4n) is 2.05. The van der Waals surface area contributed by atoms with Crippen LogP contribution in [0, 0.1) is 12.8 Å². The lowest BCUT2D eigenvalue weighted by Gasteiger charge is -2.39. The number of rotatable bonds is 5. The minimum atomic E-state index is -5.80. The van der Waals surface area contributed by atoms with Crippen LogP contribution >= 0.6 is 0 Å². The van der Waals surface area contributed by atoms with Gasteiger partial charge in [0.05, 0.1) is 0 Å². The molecule has 0 atom stereocenters. The summed E-state index contributed by atoms with van der Waals surface area (Å²) < 4.78 is 80.1. The Balaban J connectivity index is 3.34. The molecule has 3 nitrogen and oxygen atoms in total. The third-order valence-electron chi connectivity index (χ3n) is 3.12. The molecule has 0 heterocycles. The number of halogens is 6. The van der Waals surface area contributed by atoms with Crippen molar-refractivity contribution in [2.45, 2.75) is 45.2 Å². The van der Waals surface area contributed by atoms with Crippen LogP contribution < -0.4 is 10.6 Å². The second-order valence-corrected chi connectivity index (χ2v) is 5.89. The highest BCUT2D eigenvalue weighted by Gasteiger charge is 2.72. The van der Waals surface area contributed by atoms with Gasteiger partial charge < -0.3 is 10.6 Å². The van der Waals surface area contributed by atoms with Crippen molar-refractivity contribution in [2.75, 3.05) is 5.32 Å². The minimum absolute atomic E-state index is 0.400. The van der Waals surface area contributed by atoms with E-state index in [2.05, 4.69) is 0 Å². The van der Waals surface area contributed by atoms with Gasteiger partial charge in [0.15, 0.2) is 0 Å². The van der Waals surface area contributed by atoms with Gasteiger partial charge in [-0.15, -0.1) is 0 Å². The number of benzene rings is 1. The molecule has 0 radical (unpaired) electrons. The van der Waals surface area contributed by atoms with Gasteiger partial charge in [0, 0.05) is 12.1 Å². The highest BCUT2D eigenvalue weighted by atomic mass is 19.4. The van der Waals surface area contributed by atoms with Crippen LogP contribution in [-0.4, -0.2) is 23.9 Å². The molecule has 0 aromatic heterocycles. The summed E-state index contributed by atoms with van der Waals surface area (Å²) in [7, 11) is 0. The van der Waals surface area contributed by atoms with E-state index < -0.39 is 41.9 Å². The van der Waals surface area contributed by atoms with Gasteiger partial charge >= 0.3 is 18.0 Å². The maximum atomic E-state index is 13.4. The van der Waals surface area contributed by atoms with Crippen LogP contribution in [0.25, 0.3) is 0 Å². The molecule has 0 saturated heterocycles. The average molecular weight is 356 g/mol. The van der Waals surface area contributed by atoms with Gasteiger partial charge in [-0.3, -0.25) is 4.79 Å². The lowest BCUT2D eigenvalue weighted by Crippen LogP contribution is -2.72. The number of hydrogen-bond donors (Lipinski definition) is 2. The van der Waals surface area contributed by atoms with Gasteiger partial charge in [-0.2, -0.15) is 26.3 Å². The predicted molar refractivity (Wildman–Crippen MR) is 77.2 cm³/mol. The van der Waals surface area contributed by atoms with E-state index in [4.69, 9.17) is 0 Å². The fraction of sp³-hybridized carbons (Fsp3) is 0.533. The zero-order chi connectivity index (χ0) is 18.8. The first kappa shape index (κ1) is 20.1. The lowest BCUT2D eigenvalue weighted by atomic mass is 10.1. The normalized spacial score (nSPS) is 13.1. The molecule has 136 valence electrons. The number of hydrogen-bond acceptors (Lipinski definition) is 2. The van der Waals surface area contributed by atoms with E-state index in [1.54, 1.807) is 0 Å². The zero-order valence-corrected chi connectivity index (χ0v) is 13.3. The van der Waals surface area contributed by atoms with Crippen LogP contribution in [0.5, 0.6) is 0 Å². The highest BCUT2D eigenvalue weighted by molar-refractivity contribution is 5.78. The van der Waals surface area contributed by atoms with Crippen LogP contribution in [0.1, 0.15) is 25.8 Å². The number of anilines is 1. The van der Waals surface area contributed by atoms with E-state index in [1.165, 1.54) is 38.2 Å². The smallest absolute Gasteiger partial charge is 0.348 e. The van der Waals surface area contributed by atoms with Crippen molar-refractivity contribution in [3.8, 4) is 0 Å². The molecule has 24 heavy (non-hydrogen) atoms. The Labute approximate surface area is 135 Å². The monoisotopic (exact) mass is 356 g/mol. The van der Waals surface area contributed by atoms with Gasteiger partial charge in [-0.25, -0.2) is 0 Å². The van der Waals surface area contributed by atoms with Crippen LogP contribution in [0.2, 0.25) is 0 Å². The minimum Gasteiger partial charge on any atom is -0.348 e. The van der Waals surface area contributed by atoms with Gasteiger partial charge in [0.25, 0.3) is 0 Å². The van der Waals surface area contributed by atoms with Gasteiger partial charge in [0.1, 0.15) is 0 Å². The molecule has 0 fully saturated rings. The second-order valence-electron chi connectivity index (χ2n) is 5.89. The van der Waals surface area contributed by atoms with Crippen molar-refractivity contribution in [2.24, 2.45) is 5.92 Å². The Morgan fingerprint density at radius 1 is 1.08 bits per heavy atom. The first-order valence-electron chi connectivity index (χ1n) is 7.08. The summed E-state index contributed by atoms with van der Waals surface area (Å²) in [4.78, 5) is 11.7. The van der Waals surface area contributed by atoms with Crippen LogP contribution in [0.3, 0.4) is 0 Å². The molecule has 0 aliphatic carbocycles. The van der Waals surface area contributed by atoms with E-state index in [-0.39, 0.29) is 0 Å². The molecule has 1 amide bonds. The fourth-order valence-corrected chi connectivity index (χ4v) is 2.05. The van der Waals surface area contributed by atoms with E-state index in [1.807, 2.05) is 0 Å². The number of amides is 1. The molecular weight excluding hydrogens is 338 g/mol. The summed E-state index contributed by atoms with van der Waals surface area (Å²) in [5.41, 5.74) is -4.51. The zero-order valence-electron chi connectivity index (χ0n) is 13.3. The van der Waals surface area contributed by atoms with Crippen molar-refractivity contribution in [1.82, 2.24) is 5.32 Å². The van der Waals surface area contributed by atoms with Crippen molar-refractivity contribution in [3.05, 3.63) is 29.8 Å². The summed E-state index contributed by atoms with van der Waals surface area (Å²) in [6.07, 6.45) is -12.1. The predicted octanol–water partition coefficient (Wildman–Crippen LogP) is 4.39. The Bertz CT molecular complexity index is 566. The second kappa shape index (κ2) is 6.90. The van der Waals surface area contributed by atoms with Gasteiger partial charge in [-0.1, -0.05) is 26.0 Å². The number of alkyl halides is 6. The average Bonchev–Trinajstić information content (AvgIpc) is 2.34. The largest absolute Gasteiger partial charge is 0.439 e. The van der Waals surface area contributed by atoms with Gasteiger partial charge in [0.2, 0.25) is 5.91 Å². The highest BCUT2D eigenvalue weighted by Crippen LogP contribution is 2.43. The summed E-state index contributed by atoms with van der Waals surface area (Å²) in [5.74, 6) is -1.75. The van der Waals surface area contributed by atoms with Crippen LogP contribution in [-0.2, 0) is 4.79 Å². The molecule has 1 aromatic carbocycles. The van der Waals surface area contributed by atoms with E-state index in [0.29, 0.717) is 5.56 Å². The number of aryl methyl sites for hydroxylation is 1. The Morgan fingerprint density at radius 2 is 1.62 bits per heavy atom. The number of carbonyl (C=O) groups excluding carboxylic acids is 1. The molecule has 9 heteroatoms. The molecule has 2 N–H and O–H groups in total. The quantitative estimate of drug-likeness (QED) is 0.607. The Hall–Kier alpha value is -1.93. The first-order valence-corrected chi connectivity index (χ1v) is 7.08.